The maximum Gasteiger partial charge on any atom is 0.258 e. The maximum absolute atomic E-state index is 11.9. The Morgan fingerprint density at radius 1 is 1.43 bits per heavy atom. The van der Waals surface area contributed by atoms with Crippen LogP contribution in [0.2, 0.25) is 0 Å². The van der Waals surface area contributed by atoms with E-state index in [0.29, 0.717) is 0 Å². The van der Waals surface area contributed by atoms with E-state index in [0.717, 1.165) is 37.9 Å². The van der Waals surface area contributed by atoms with E-state index in [2.05, 4.69) is 25.2 Å². The van der Waals surface area contributed by atoms with Gasteiger partial charge in [0.15, 0.2) is 6.61 Å². The first-order valence-electron chi connectivity index (χ1n) is 7.95. The lowest BCUT2D eigenvalue weighted by atomic mass is 9.88. The Kier molecular flexibility index (Phi) is 5.62. The van der Waals surface area contributed by atoms with E-state index in [-0.39, 0.29) is 24.6 Å². The van der Waals surface area contributed by atoms with Gasteiger partial charge in [-0.3, -0.25) is 4.79 Å². The molecule has 0 heterocycles. The van der Waals surface area contributed by atoms with Crippen molar-refractivity contribution < 1.29 is 9.53 Å². The molecule has 0 aliphatic heterocycles. The third-order valence-electron chi connectivity index (χ3n) is 4.22. The van der Waals surface area contributed by atoms with Crippen molar-refractivity contribution in [3.05, 3.63) is 29.3 Å². The van der Waals surface area contributed by atoms with E-state index < -0.39 is 0 Å². The van der Waals surface area contributed by atoms with Crippen LogP contribution in [0.4, 0.5) is 0 Å². The lowest BCUT2D eigenvalue weighted by Gasteiger charge is -2.24. The van der Waals surface area contributed by atoms with Crippen LogP contribution in [0.3, 0.4) is 0 Å². The zero-order valence-corrected chi connectivity index (χ0v) is 13.0. The molecule has 116 valence electrons. The third kappa shape index (κ3) is 3.97. The smallest absolute Gasteiger partial charge is 0.258 e. The van der Waals surface area contributed by atoms with Crippen molar-refractivity contribution in [2.75, 3.05) is 6.61 Å². The zero-order chi connectivity index (χ0) is 15.2. The van der Waals surface area contributed by atoms with Gasteiger partial charge in [-0.15, -0.1) is 0 Å². The van der Waals surface area contributed by atoms with Crippen LogP contribution in [0.5, 0.6) is 5.75 Å². The van der Waals surface area contributed by atoms with Crippen LogP contribution in [-0.2, 0) is 11.2 Å². The number of hydrogen-bond donors (Lipinski definition) is 2. The van der Waals surface area contributed by atoms with Gasteiger partial charge in [0.1, 0.15) is 5.75 Å². The molecule has 1 aliphatic carbocycles. The summed E-state index contributed by atoms with van der Waals surface area (Å²) < 4.78 is 5.74. The molecular weight excluding hydrogens is 264 g/mol. The van der Waals surface area contributed by atoms with Crippen molar-refractivity contribution in [3.8, 4) is 5.75 Å². The Bertz CT molecular complexity index is 484. The van der Waals surface area contributed by atoms with E-state index in [4.69, 9.17) is 10.5 Å². The van der Waals surface area contributed by atoms with Crippen LogP contribution < -0.4 is 15.8 Å². The van der Waals surface area contributed by atoms with Gasteiger partial charge in [0.2, 0.25) is 0 Å². The standard InChI is InChI=1S/C17H26N2O2/c1-3-12(4-2)19-17(20)11-21-16-10-6-7-13-14(16)8-5-9-15(13)18/h6-7,10,12,15H,3-5,8-9,11,18H2,1-2H3,(H,19,20). The molecule has 1 aromatic rings. The van der Waals surface area contributed by atoms with Crippen molar-refractivity contribution in [1.29, 1.82) is 0 Å². The predicted molar refractivity (Wildman–Crippen MR) is 84.3 cm³/mol. The lowest BCUT2D eigenvalue weighted by molar-refractivity contribution is -0.123. The topological polar surface area (TPSA) is 64.3 Å². The Balaban J connectivity index is 1.98. The second kappa shape index (κ2) is 7.46. The summed E-state index contributed by atoms with van der Waals surface area (Å²) in [4.78, 5) is 11.9. The first-order chi connectivity index (χ1) is 10.2. The van der Waals surface area contributed by atoms with Gasteiger partial charge >= 0.3 is 0 Å². The molecule has 0 bridgehead atoms. The van der Waals surface area contributed by atoms with Crippen LogP contribution in [0.25, 0.3) is 0 Å². The second-order valence-electron chi connectivity index (χ2n) is 5.69. The number of rotatable bonds is 6. The van der Waals surface area contributed by atoms with Gasteiger partial charge in [0.05, 0.1) is 0 Å². The predicted octanol–water partition coefficient (Wildman–Crippen LogP) is 2.71. The summed E-state index contributed by atoms with van der Waals surface area (Å²) in [7, 11) is 0. The number of amides is 1. The summed E-state index contributed by atoms with van der Waals surface area (Å²) in [6.45, 7) is 4.22. The molecule has 1 amide bonds. The molecule has 0 radical (unpaired) electrons. The van der Waals surface area contributed by atoms with Crippen LogP contribution in [-0.4, -0.2) is 18.6 Å². The molecule has 1 aromatic carbocycles. The summed E-state index contributed by atoms with van der Waals surface area (Å²) >= 11 is 0. The average Bonchev–Trinajstić information content (AvgIpc) is 2.51. The van der Waals surface area contributed by atoms with Crippen LogP contribution in [0.1, 0.15) is 56.7 Å². The largest absolute Gasteiger partial charge is 0.483 e. The quantitative estimate of drug-likeness (QED) is 0.846. The third-order valence-corrected chi connectivity index (χ3v) is 4.22. The van der Waals surface area contributed by atoms with Crippen molar-refractivity contribution in [1.82, 2.24) is 5.32 Å². The fourth-order valence-electron chi connectivity index (χ4n) is 2.89. The molecule has 0 fully saturated rings. The molecule has 0 saturated heterocycles. The normalized spacial score (nSPS) is 17.4. The van der Waals surface area contributed by atoms with Crippen LogP contribution in [0.15, 0.2) is 18.2 Å². The first-order valence-corrected chi connectivity index (χ1v) is 7.95. The minimum atomic E-state index is -0.0542. The minimum absolute atomic E-state index is 0.0542. The van der Waals surface area contributed by atoms with Gasteiger partial charge < -0.3 is 15.8 Å². The summed E-state index contributed by atoms with van der Waals surface area (Å²) in [5, 5.41) is 2.99. The summed E-state index contributed by atoms with van der Waals surface area (Å²) in [5.41, 5.74) is 8.48. The average molecular weight is 290 g/mol. The number of benzene rings is 1. The highest BCUT2D eigenvalue weighted by Crippen LogP contribution is 2.33. The van der Waals surface area contributed by atoms with Crippen molar-refractivity contribution in [2.24, 2.45) is 5.73 Å². The van der Waals surface area contributed by atoms with E-state index >= 15 is 0 Å². The second-order valence-corrected chi connectivity index (χ2v) is 5.69. The number of ether oxygens (including phenoxy) is 1. The summed E-state index contributed by atoms with van der Waals surface area (Å²) in [6.07, 6.45) is 4.96. The number of nitrogens with one attached hydrogen (secondary N) is 1. The van der Waals surface area contributed by atoms with E-state index in [1.54, 1.807) is 0 Å². The fraction of sp³-hybridized carbons (Fsp3) is 0.588. The molecule has 0 aromatic heterocycles. The molecule has 1 aliphatic rings. The van der Waals surface area contributed by atoms with Crippen LogP contribution >= 0.6 is 0 Å². The molecule has 4 heteroatoms. The van der Waals surface area contributed by atoms with Gasteiger partial charge in [-0.25, -0.2) is 0 Å². The van der Waals surface area contributed by atoms with Crippen molar-refractivity contribution in [2.45, 2.75) is 58.0 Å². The first kappa shape index (κ1) is 15.8. The molecule has 2 rings (SSSR count). The van der Waals surface area contributed by atoms with Gasteiger partial charge in [0.25, 0.3) is 5.91 Å². The SMILES string of the molecule is CCC(CC)NC(=O)COc1cccc2c1CCCC2N. The molecule has 21 heavy (non-hydrogen) atoms. The number of hydrogen-bond acceptors (Lipinski definition) is 3. The molecule has 0 spiro atoms. The van der Waals surface area contributed by atoms with E-state index in [9.17, 15) is 4.79 Å². The molecule has 3 N–H and O–H groups in total. The number of fused-ring (bicyclic) bond motifs is 1. The molecule has 1 unspecified atom stereocenters. The number of carbonyl (C=O) groups is 1. The number of carbonyl (C=O) groups excluding carboxylic acids is 1. The molecular formula is C17H26N2O2. The Hall–Kier alpha value is -1.55. The molecule has 4 nitrogen and oxygen atoms in total. The molecule has 1 atom stereocenters. The van der Waals surface area contributed by atoms with Gasteiger partial charge in [0, 0.05) is 12.1 Å². The van der Waals surface area contributed by atoms with Gasteiger partial charge in [-0.2, -0.15) is 0 Å². The van der Waals surface area contributed by atoms with Gasteiger partial charge in [-0.05, 0) is 49.3 Å². The maximum atomic E-state index is 11.9. The lowest BCUT2D eigenvalue weighted by Crippen LogP contribution is -2.37. The van der Waals surface area contributed by atoms with Crippen LogP contribution in [0, 0.1) is 0 Å². The van der Waals surface area contributed by atoms with Crippen molar-refractivity contribution >= 4 is 5.91 Å². The fourth-order valence-corrected chi connectivity index (χ4v) is 2.89. The summed E-state index contributed by atoms with van der Waals surface area (Å²) in [6, 6.07) is 6.28. The monoisotopic (exact) mass is 290 g/mol. The Morgan fingerprint density at radius 2 is 2.19 bits per heavy atom. The Morgan fingerprint density at radius 3 is 2.90 bits per heavy atom. The summed E-state index contributed by atoms with van der Waals surface area (Å²) in [5.74, 6) is 0.753. The molecule has 0 saturated carbocycles. The van der Waals surface area contributed by atoms with E-state index in [1.165, 1.54) is 11.1 Å². The van der Waals surface area contributed by atoms with Gasteiger partial charge in [-0.1, -0.05) is 26.0 Å². The zero-order valence-electron chi connectivity index (χ0n) is 13.0. The van der Waals surface area contributed by atoms with E-state index in [1.807, 2.05) is 12.1 Å². The minimum Gasteiger partial charge on any atom is -0.483 e. The number of nitrogens with two attached hydrogens (primary N) is 1. The highest BCUT2D eigenvalue weighted by Gasteiger charge is 2.20. The highest BCUT2D eigenvalue weighted by molar-refractivity contribution is 5.77. The highest BCUT2D eigenvalue weighted by atomic mass is 16.5. The Labute approximate surface area is 127 Å². The van der Waals surface area contributed by atoms with Crippen molar-refractivity contribution in [3.63, 3.8) is 0 Å².